The summed E-state index contributed by atoms with van der Waals surface area (Å²) in [6, 6.07) is 18.2. The van der Waals surface area contributed by atoms with Gasteiger partial charge >= 0.3 is 0 Å². The number of carbonyl (C=O) groups excluding carboxylic acids is 2. The summed E-state index contributed by atoms with van der Waals surface area (Å²) in [6.45, 7) is 6.42. The number of hydrogen-bond donors (Lipinski definition) is 1. The number of nitrogens with one attached hydrogen (secondary N) is 1. The fourth-order valence-corrected chi connectivity index (χ4v) is 4.29. The van der Waals surface area contributed by atoms with Crippen molar-refractivity contribution < 1.29 is 19.1 Å². The van der Waals surface area contributed by atoms with Crippen molar-refractivity contribution in [3.05, 3.63) is 76.6 Å². The van der Waals surface area contributed by atoms with Gasteiger partial charge in [-0.05, 0) is 68.1 Å². The Morgan fingerprint density at radius 2 is 1.73 bits per heavy atom. The third kappa shape index (κ3) is 4.78. The molecule has 0 fully saturated rings. The molecule has 0 spiro atoms. The molecule has 0 bridgehead atoms. The highest BCUT2D eigenvalue weighted by Crippen LogP contribution is 2.39. The first-order chi connectivity index (χ1) is 16.0. The molecule has 1 N–H and O–H groups in total. The number of nitrogens with zero attached hydrogens (tertiary/aromatic N) is 1. The lowest BCUT2D eigenvalue weighted by Crippen LogP contribution is -2.32. The van der Waals surface area contributed by atoms with E-state index in [-0.39, 0.29) is 17.7 Å². The van der Waals surface area contributed by atoms with Crippen LogP contribution in [0.15, 0.2) is 71.7 Å². The number of imide groups is 1. The summed E-state index contributed by atoms with van der Waals surface area (Å²) in [5, 5.41) is 5.07. The molecule has 0 saturated carbocycles. The van der Waals surface area contributed by atoms with Gasteiger partial charge in [0.25, 0.3) is 11.8 Å². The van der Waals surface area contributed by atoms with Crippen LogP contribution in [0.25, 0.3) is 5.57 Å². The van der Waals surface area contributed by atoms with Crippen molar-refractivity contribution in [2.45, 2.75) is 33.3 Å². The molecule has 6 nitrogen and oxygen atoms in total. The maximum Gasteiger partial charge on any atom is 0.282 e. The fourth-order valence-electron chi connectivity index (χ4n) is 3.52. The van der Waals surface area contributed by atoms with Gasteiger partial charge in [0.05, 0.1) is 24.0 Å². The Labute approximate surface area is 197 Å². The minimum absolute atomic E-state index is 0.0644. The lowest BCUT2D eigenvalue weighted by Gasteiger charge is -2.19. The number of carbonyl (C=O) groups is 2. The van der Waals surface area contributed by atoms with E-state index < -0.39 is 5.91 Å². The Morgan fingerprint density at radius 3 is 2.39 bits per heavy atom. The monoisotopic (exact) mass is 462 g/mol. The largest absolute Gasteiger partial charge is 0.491 e. The Kier molecular flexibility index (Phi) is 6.79. The zero-order chi connectivity index (χ0) is 23.4. The Bertz CT molecular complexity index is 1170. The standard InChI is InChI=1S/C26H26N2O4S/c1-4-15-31-21-9-6-5-8-20(21)28-25(29)23(22-10-7-16-33-22)24(26(28)30)27-18-11-13-19(14-12-18)32-17(2)3/h5-14,16-17,27H,4,15H2,1-3H3. The molecule has 4 rings (SSSR count). The molecule has 7 heteroatoms. The maximum atomic E-state index is 13.6. The lowest BCUT2D eigenvalue weighted by molar-refractivity contribution is -0.120. The van der Waals surface area contributed by atoms with Crippen molar-refractivity contribution in [1.82, 2.24) is 0 Å². The Balaban J connectivity index is 1.70. The first kappa shape index (κ1) is 22.6. The van der Waals surface area contributed by atoms with E-state index in [0.29, 0.717) is 29.3 Å². The molecule has 2 amide bonds. The molecule has 1 aliphatic rings. The molecule has 0 radical (unpaired) electrons. The summed E-state index contributed by atoms with van der Waals surface area (Å²) in [6.07, 6.45) is 0.882. The Hall–Kier alpha value is -3.58. The molecule has 0 unspecified atom stereocenters. The molecule has 170 valence electrons. The van der Waals surface area contributed by atoms with E-state index in [1.54, 1.807) is 18.2 Å². The highest BCUT2D eigenvalue weighted by Gasteiger charge is 2.41. The molecule has 33 heavy (non-hydrogen) atoms. The van der Waals surface area contributed by atoms with Crippen LogP contribution in [0.2, 0.25) is 0 Å². The molecule has 0 saturated heterocycles. The summed E-state index contributed by atoms with van der Waals surface area (Å²) in [5.41, 5.74) is 1.72. The van der Waals surface area contributed by atoms with Crippen molar-refractivity contribution in [3.63, 3.8) is 0 Å². The second-order valence-electron chi connectivity index (χ2n) is 7.81. The minimum Gasteiger partial charge on any atom is -0.491 e. The van der Waals surface area contributed by atoms with Crippen LogP contribution >= 0.6 is 11.3 Å². The molecule has 0 aliphatic carbocycles. The number of benzene rings is 2. The molecular weight excluding hydrogens is 436 g/mol. The minimum atomic E-state index is -0.418. The van der Waals surface area contributed by atoms with Gasteiger partial charge in [-0.1, -0.05) is 25.1 Å². The third-order valence-corrected chi connectivity index (χ3v) is 5.80. The molecule has 1 aliphatic heterocycles. The van der Waals surface area contributed by atoms with Crippen molar-refractivity contribution >= 4 is 40.1 Å². The van der Waals surface area contributed by atoms with Crippen LogP contribution in [-0.2, 0) is 9.59 Å². The van der Waals surface area contributed by atoms with Crippen LogP contribution in [-0.4, -0.2) is 24.5 Å². The Morgan fingerprint density at radius 1 is 0.970 bits per heavy atom. The van der Waals surface area contributed by atoms with Crippen LogP contribution < -0.4 is 19.7 Å². The van der Waals surface area contributed by atoms with Gasteiger partial charge in [0.1, 0.15) is 17.2 Å². The lowest BCUT2D eigenvalue weighted by atomic mass is 10.2. The van der Waals surface area contributed by atoms with Crippen LogP contribution in [0.3, 0.4) is 0 Å². The first-order valence-electron chi connectivity index (χ1n) is 10.9. The van der Waals surface area contributed by atoms with Crippen LogP contribution in [0.5, 0.6) is 11.5 Å². The predicted octanol–water partition coefficient (Wildman–Crippen LogP) is 5.72. The maximum absolute atomic E-state index is 13.6. The number of amides is 2. The second-order valence-corrected chi connectivity index (χ2v) is 8.75. The topological polar surface area (TPSA) is 67.9 Å². The van der Waals surface area contributed by atoms with Crippen molar-refractivity contribution in [2.75, 3.05) is 16.8 Å². The quantitative estimate of drug-likeness (QED) is 0.412. The van der Waals surface area contributed by atoms with E-state index in [1.807, 2.05) is 68.6 Å². The van der Waals surface area contributed by atoms with E-state index in [2.05, 4.69) is 5.32 Å². The van der Waals surface area contributed by atoms with Gasteiger partial charge in [-0.2, -0.15) is 0 Å². The number of anilines is 2. The highest BCUT2D eigenvalue weighted by molar-refractivity contribution is 7.11. The summed E-state index contributed by atoms with van der Waals surface area (Å²) in [4.78, 5) is 29.0. The van der Waals surface area contributed by atoms with E-state index in [4.69, 9.17) is 9.47 Å². The number of rotatable bonds is 9. The van der Waals surface area contributed by atoms with Crippen molar-refractivity contribution in [2.24, 2.45) is 0 Å². The molecule has 2 aromatic carbocycles. The zero-order valence-corrected chi connectivity index (χ0v) is 19.6. The van der Waals surface area contributed by atoms with Gasteiger partial charge in [0, 0.05) is 10.6 Å². The summed E-state index contributed by atoms with van der Waals surface area (Å²) in [7, 11) is 0. The van der Waals surface area contributed by atoms with Gasteiger partial charge in [-0.15, -0.1) is 11.3 Å². The number of para-hydroxylation sites is 2. The zero-order valence-electron chi connectivity index (χ0n) is 18.8. The second kappa shape index (κ2) is 9.92. The van der Waals surface area contributed by atoms with E-state index in [0.717, 1.165) is 17.0 Å². The van der Waals surface area contributed by atoms with Gasteiger partial charge in [0.15, 0.2) is 0 Å². The number of thiophene rings is 1. The SMILES string of the molecule is CCCOc1ccccc1N1C(=O)C(Nc2ccc(OC(C)C)cc2)=C(c2cccs2)C1=O. The van der Waals surface area contributed by atoms with Crippen LogP contribution in [0, 0.1) is 0 Å². The highest BCUT2D eigenvalue weighted by atomic mass is 32.1. The van der Waals surface area contributed by atoms with E-state index in [9.17, 15) is 9.59 Å². The molecule has 1 aromatic heterocycles. The van der Waals surface area contributed by atoms with Gasteiger partial charge in [-0.25, -0.2) is 4.90 Å². The van der Waals surface area contributed by atoms with E-state index >= 15 is 0 Å². The first-order valence-corrected chi connectivity index (χ1v) is 11.8. The van der Waals surface area contributed by atoms with Crippen LogP contribution in [0.4, 0.5) is 11.4 Å². The average molecular weight is 463 g/mol. The van der Waals surface area contributed by atoms with E-state index in [1.165, 1.54) is 16.2 Å². The summed E-state index contributed by atoms with van der Waals surface area (Å²) in [5.74, 6) is 0.444. The van der Waals surface area contributed by atoms with Gasteiger partial charge in [-0.3, -0.25) is 9.59 Å². The smallest absolute Gasteiger partial charge is 0.282 e. The molecule has 0 atom stereocenters. The average Bonchev–Trinajstić information content (AvgIpc) is 3.40. The molecule has 3 aromatic rings. The fraction of sp³-hybridized carbons (Fsp3) is 0.231. The third-order valence-electron chi connectivity index (χ3n) is 4.91. The molecular formula is C26H26N2O4S. The predicted molar refractivity (Wildman–Crippen MR) is 132 cm³/mol. The summed E-state index contributed by atoms with van der Waals surface area (Å²) < 4.78 is 11.5. The summed E-state index contributed by atoms with van der Waals surface area (Å²) >= 11 is 1.42. The van der Waals surface area contributed by atoms with Crippen molar-refractivity contribution in [1.29, 1.82) is 0 Å². The normalized spacial score (nSPS) is 13.8. The molecule has 2 heterocycles. The van der Waals surface area contributed by atoms with Gasteiger partial charge in [0.2, 0.25) is 0 Å². The van der Waals surface area contributed by atoms with Gasteiger partial charge < -0.3 is 14.8 Å². The number of hydrogen-bond acceptors (Lipinski definition) is 6. The van der Waals surface area contributed by atoms with Crippen LogP contribution in [0.1, 0.15) is 32.1 Å². The number of ether oxygens (including phenoxy) is 2. The van der Waals surface area contributed by atoms with Crippen molar-refractivity contribution in [3.8, 4) is 11.5 Å².